The highest BCUT2D eigenvalue weighted by atomic mass is 15.1. The molecule has 290 valence electrons. The maximum absolute atomic E-state index is 2.48. The van der Waals surface area contributed by atoms with Gasteiger partial charge in [0.15, 0.2) is 0 Å². The van der Waals surface area contributed by atoms with Crippen molar-refractivity contribution in [2.75, 3.05) is 22.9 Å². The number of anilines is 4. The average Bonchev–Trinajstić information content (AvgIpc) is 3.29. The van der Waals surface area contributed by atoms with Crippen molar-refractivity contribution in [1.82, 2.24) is 0 Å². The van der Waals surface area contributed by atoms with Crippen molar-refractivity contribution in [3.63, 3.8) is 0 Å². The Balaban J connectivity index is 0.944. The average molecular weight is 773 g/mol. The van der Waals surface area contributed by atoms with Crippen LogP contribution in [-0.4, -0.2) is 13.1 Å². The molecule has 0 atom stereocenters. The van der Waals surface area contributed by atoms with Crippen molar-refractivity contribution < 1.29 is 0 Å². The second kappa shape index (κ2) is 16.2. The molecule has 0 heterocycles. The van der Waals surface area contributed by atoms with Crippen LogP contribution in [0.25, 0.3) is 54.2 Å². The number of nitrogens with zero attached hydrogens (tertiary/aromatic N) is 2. The van der Waals surface area contributed by atoms with E-state index >= 15 is 0 Å². The summed E-state index contributed by atoms with van der Waals surface area (Å²) < 4.78 is 0. The summed E-state index contributed by atoms with van der Waals surface area (Å²) in [7, 11) is 0. The summed E-state index contributed by atoms with van der Waals surface area (Å²) in [5.74, 6) is 0. The second-order valence-electron chi connectivity index (χ2n) is 16.2. The van der Waals surface area contributed by atoms with E-state index in [2.05, 4.69) is 230 Å². The molecule has 0 aliphatic rings. The van der Waals surface area contributed by atoms with Crippen LogP contribution in [0.2, 0.25) is 0 Å². The lowest BCUT2D eigenvalue weighted by atomic mass is 9.94. The largest absolute Gasteiger partial charge is 0.341 e. The van der Waals surface area contributed by atoms with Gasteiger partial charge in [0.05, 0.1) is 0 Å². The van der Waals surface area contributed by atoms with Crippen LogP contribution in [0.5, 0.6) is 0 Å². The third-order valence-corrected chi connectivity index (χ3v) is 12.3. The van der Waals surface area contributed by atoms with Gasteiger partial charge in [-0.3, -0.25) is 0 Å². The maximum Gasteiger partial charge on any atom is 0.0413 e. The minimum atomic E-state index is 0.860. The molecule has 0 aromatic heterocycles. The quantitative estimate of drug-likeness (QED) is 0.121. The van der Waals surface area contributed by atoms with Gasteiger partial charge in [-0.2, -0.15) is 0 Å². The first-order valence-corrected chi connectivity index (χ1v) is 21.2. The summed E-state index contributed by atoms with van der Waals surface area (Å²) in [6.45, 7) is 6.08. The summed E-state index contributed by atoms with van der Waals surface area (Å²) in [5, 5.41) is 10.5. The van der Waals surface area contributed by atoms with Crippen LogP contribution < -0.4 is 9.80 Å². The van der Waals surface area contributed by atoms with Crippen molar-refractivity contribution in [3.8, 4) is 11.1 Å². The van der Waals surface area contributed by atoms with Crippen LogP contribution in [0.4, 0.5) is 22.7 Å². The van der Waals surface area contributed by atoms with E-state index in [4.69, 9.17) is 0 Å². The predicted octanol–water partition coefficient (Wildman–Crippen LogP) is 15.3. The number of rotatable bonds is 11. The number of aryl methyl sites for hydroxylation is 2. The number of hydrogen-bond donors (Lipinski definition) is 0. The van der Waals surface area contributed by atoms with E-state index in [0.29, 0.717) is 0 Å². The van der Waals surface area contributed by atoms with E-state index in [1.54, 1.807) is 0 Å². The predicted molar refractivity (Wildman–Crippen MR) is 259 cm³/mol. The highest BCUT2D eigenvalue weighted by molar-refractivity contribution is 6.03. The molecule has 60 heavy (non-hydrogen) atoms. The first kappa shape index (κ1) is 37.1. The zero-order valence-electron chi connectivity index (χ0n) is 34.4. The summed E-state index contributed by atoms with van der Waals surface area (Å²) in [6.07, 6.45) is 1.85. The molecule has 0 unspecified atom stereocenters. The number of fused-ring (bicyclic) bond motifs is 4. The Bertz CT molecular complexity index is 2800. The molecule has 2 heteroatoms. The monoisotopic (exact) mass is 772 g/mol. The summed E-state index contributed by atoms with van der Waals surface area (Å²) >= 11 is 0. The Hall–Kier alpha value is -7.16. The molecule has 0 fully saturated rings. The molecule has 10 aromatic rings. The van der Waals surface area contributed by atoms with Crippen LogP contribution in [0.15, 0.2) is 206 Å². The molecule has 0 aliphatic heterocycles. The van der Waals surface area contributed by atoms with Crippen LogP contribution >= 0.6 is 0 Å². The van der Waals surface area contributed by atoms with Crippen molar-refractivity contribution in [2.45, 2.75) is 26.7 Å². The van der Waals surface area contributed by atoms with Crippen molar-refractivity contribution in [3.05, 3.63) is 229 Å². The molecule has 0 aliphatic carbocycles. The third kappa shape index (κ3) is 7.38. The molecule has 0 bridgehead atoms. The van der Waals surface area contributed by atoms with Crippen molar-refractivity contribution >= 4 is 65.8 Å². The number of benzene rings is 10. The smallest absolute Gasteiger partial charge is 0.0413 e. The lowest BCUT2D eigenvalue weighted by Crippen LogP contribution is -2.20. The van der Waals surface area contributed by atoms with Gasteiger partial charge in [0.25, 0.3) is 0 Å². The molecule has 0 N–H and O–H groups in total. The molecule has 0 spiro atoms. The first-order valence-electron chi connectivity index (χ1n) is 21.2. The fourth-order valence-corrected chi connectivity index (χ4v) is 9.28. The Morgan fingerprint density at radius 1 is 0.300 bits per heavy atom. The van der Waals surface area contributed by atoms with Gasteiger partial charge in [-0.15, -0.1) is 0 Å². The molecule has 10 rings (SSSR count). The first-order chi connectivity index (χ1) is 29.6. The molecule has 0 amide bonds. The van der Waals surface area contributed by atoms with Gasteiger partial charge < -0.3 is 9.80 Å². The van der Waals surface area contributed by atoms with Crippen LogP contribution in [0, 0.1) is 13.8 Å². The highest BCUT2D eigenvalue weighted by Crippen LogP contribution is 2.35. The zero-order chi connectivity index (χ0) is 40.4. The van der Waals surface area contributed by atoms with E-state index in [1.165, 1.54) is 99.2 Å². The molecule has 0 radical (unpaired) electrons. The molecular formula is C58H48N2. The molecule has 2 nitrogen and oxygen atoms in total. The minimum Gasteiger partial charge on any atom is -0.341 e. The molecule has 10 aromatic carbocycles. The zero-order valence-corrected chi connectivity index (χ0v) is 34.4. The summed E-state index contributed by atoms with van der Waals surface area (Å²) in [5.41, 5.74) is 12.6. The van der Waals surface area contributed by atoms with Gasteiger partial charge >= 0.3 is 0 Å². The van der Waals surface area contributed by atoms with Crippen molar-refractivity contribution in [1.29, 1.82) is 0 Å². The van der Waals surface area contributed by atoms with Gasteiger partial charge in [-0.25, -0.2) is 0 Å². The lowest BCUT2D eigenvalue weighted by Gasteiger charge is -2.27. The van der Waals surface area contributed by atoms with Gasteiger partial charge in [0.2, 0.25) is 0 Å². The van der Waals surface area contributed by atoms with E-state index < -0.39 is 0 Å². The lowest BCUT2D eigenvalue weighted by molar-refractivity contribution is 0.924. The number of hydrogen-bond acceptors (Lipinski definition) is 2. The Morgan fingerprint density at radius 3 is 0.967 bits per heavy atom. The third-order valence-electron chi connectivity index (χ3n) is 12.3. The Labute approximate surface area is 353 Å². The van der Waals surface area contributed by atoms with Gasteiger partial charge in [0.1, 0.15) is 0 Å². The summed E-state index contributed by atoms with van der Waals surface area (Å²) in [4.78, 5) is 4.96. The second-order valence-corrected chi connectivity index (χ2v) is 16.2. The topological polar surface area (TPSA) is 6.48 Å². The van der Waals surface area contributed by atoms with Crippen molar-refractivity contribution in [2.24, 2.45) is 0 Å². The van der Waals surface area contributed by atoms with E-state index in [9.17, 15) is 0 Å². The van der Waals surface area contributed by atoms with Crippen LogP contribution in [-0.2, 0) is 12.8 Å². The van der Waals surface area contributed by atoms with Gasteiger partial charge in [-0.1, -0.05) is 146 Å². The maximum atomic E-state index is 2.48. The standard InChI is InChI=1S/C58H48N2/c1-41-13-11-19-51(37-41)59(35-33-57-53-21-7-3-15-45(53)39-46-16-4-8-22-54(46)57)49-29-25-43(26-30-49)44-27-31-50(32-28-44)60(52-20-12-14-42(2)38-52)36-34-58-55-23-9-5-17-47(55)40-48-18-6-10-24-56(48)58/h3-32,37-40H,33-36H2,1-2H3. The SMILES string of the molecule is Cc1cccc(N(CCc2c3ccccc3cc3ccccc23)c2ccc(-c3ccc(N(CCc4c5ccccc5cc5ccccc45)c4cccc(C)c4)cc3)cc2)c1. The molecule has 0 saturated carbocycles. The molecular weight excluding hydrogens is 725 g/mol. The fourth-order valence-electron chi connectivity index (χ4n) is 9.28. The Kier molecular flexibility index (Phi) is 10.0. The van der Waals surface area contributed by atoms with E-state index in [-0.39, 0.29) is 0 Å². The minimum absolute atomic E-state index is 0.860. The fraction of sp³-hybridized carbons (Fsp3) is 0.103. The van der Waals surface area contributed by atoms with Crippen LogP contribution in [0.3, 0.4) is 0 Å². The van der Waals surface area contributed by atoms with Gasteiger partial charge in [0, 0.05) is 35.8 Å². The van der Waals surface area contributed by atoms with E-state index in [0.717, 1.165) is 25.9 Å². The Morgan fingerprint density at radius 2 is 0.633 bits per heavy atom. The normalized spacial score (nSPS) is 11.4. The summed E-state index contributed by atoms with van der Waals surface area (Å²) in [6, 6.07) is 76.0. The van der Waals surface area contributed by atoms with Crippen LogP contribution in [0.1, 0.15) is 22.3 Å². The molecule has 0 saturated heterocycles. The van der Waals surface area contributed by atoms with Gasteiger partial charge in [-0.05, 0) is 164 Å². The highest BCUT2D eigenvalue weighted by Gasteiger charge is 2.16. The van der Waals surface area contributed by atoms with E-state index in [1.807, 2.05) is 0 Å².